The molecule has 1 heterocycles. The number of aliphatic hydroxyl groups is 2. The highest BCUT2D eigenvalue weighted by molar-refractivity contribution is 5.70. The predicted octanol–water partition coefficient (Wildman–Crippen LogP) is -0.471. The molecule has 0 aliphatic heterocycles. The van der Waals surface area contributed by atoms with Crippen LogP contribution in [0.4, 0.5) is 11.5 Å². The third kappa shape index (κ3) is 3.60. The molecule has 0 aliphatic carbocycles. The summed E-state index contributed by atoms with van der Waals surface area (Å²) in [5.74, 6) is -0.898. The van der Waals surface area contributed by atoms with Crippen molar-refractivity contribution in [3.63, 3.8) is 0 Å². The summed E-state index contributed by atoms with van der Waals surface area (Å²) >= 11 is 0. The Kier molecular flexibility index (Phi) is 4.73. The number of carbonyl (C=O) groups excluding carboxylic acids is 1. The number of methoxy groups -OCH3 is 1. The molecule has 9 nitrogen and oxygen atoms in total. The molecule has 4 N–H and O–H groups in total. The topological polar surface area (TPSA) is 149 Å². The van der Waals surface area contributed by atoms with Gasteiger partial charge in [-0.05, 0) is 0 Å². The fourth-order valence-electron chi connectivity index (χ4n) is 1.39. The van der Waals surface area contributed by atoms with Gasteiger partial charge >= 0.3 is 5.97 Å². The lowest BCUT2D eigenvalue weighted by atomic mass is 10.0. The van der Waals surface area contributed by atoms with E-state index >= 15 is 0 Å². The van der Waals surface area contributed by atoms with Crippen LogP contribution in [0.25, 0.3) is 0 Å². The number of esters is 1. The molecule has 0 amide bonds. The van der Waals surface area contributed by atoms with Gasteiger partial charge in [0.05, 0.1) is 24.6 Å². The van der Waals surface area contributed by atoms with Crippen LogP contribution in [0, 0.1) is 10.1 Å². The van der Waals surface area contributed by atoms with Crippen LogP contribution >= 0.6 is 0 Å². The summed E-state index contributed by atoms with van der Waals surface area (Å²) in [6.07, 6.45) is -2.62. The molecular weight excluding hydrogens is 258 g/mol. The first-order valence-corrected chi connectivity index (χ1v) is 5.19. The van der Waals surface area contributed by atoms with Crippen LogP contribution in [0.5, 0.6) is 0 Å². The molecule has 1 aromatic heterocycles. The largest absolute Gasteiger partial charge is 0.469 e. The Bertz CT molecular complexity index is 492. The van der Waals surface area contributed by atoms with Crippen molar-refractivity contribution in [3.05, 3.63) is 27.9 Å². The lowest BCUT2D eigenvalue weighted by molar-refractivity contribution is -0.385. The number of hydrogen-bond donors (Lipinski definition) is 3. The number of nitrogens with zero attached hydrogens (tertiary/aromatic N) is 2. The normalized spacial score (nSPS) is 13.6. The fourth-order valence-corrected chi connectivity index (χ4v) is 1.39. The van der Waals surface area contributed by atoms with Crippen LogP contribution in [0.1, 0.15) is 18.1 Å². The van der Waals surface area contributed by atoms with Crippen molar-refractivity contribution in [2.24, 2.45) is 0 Å². The minimum absolute atomic E-state index is 0.120. The van der Waals surface area contributed by atoms with Gasteiger partial charge in [-0.2, -0.15) is 0 Å². The number of carbonyl (C=O) groups is 1. The van der Waals surface area contributed by atoms with Gasteiger partial charge in [0.15, 0.2) is 0 Å². The second-order valence-corrected chi connectivity index (χ2v) is 3.72. The van der Waals surface area contributed by atoms with Crippen LogP contribution < -0.4 is 5.73 Å². The Morgan fingerprint density at radius 3 is 2.79 bits per heavy atom. The van der Waals surface area contributed by atoms with Gasteiger partial charge in [0.1, 0.15) is 18.1 Å². The van der Waals surface area contributed by atoms with E-state index < -0.39 is 29.5 Å². The molecule has 0 aliphatic rings. The quantitative estimate of drug-likeness (QED) is 0.369. The Labute approximate surface area is 107 Å². The Balaban J connectivity index is 2.97. The fraction of sp³-hybridized carbons (Fsp3) is 0.400. The first-order valence-electron chi connectivity index (χ1n) is 5.19. The van der Waals surface area contributed by atoms with Crippen molar-refractivity contribution in [2.45, 2.75) is 18.6 Å². The van der Waals surface area contributed by atoms with Gasteiger partial charge in [0.2, 0.25) is 0 Å². The van der Waals surface area contributed by atoms with Crippen LogP contribution in [-0.2, 0) is 9.53 Å². The average Bonchev–Trinajstić information content (AvgIpc) is 2.37. The molecule has 0 aromatic carbocycles. The second-order valence-electron chi connectivity index (χ2n) is 3.72. The van der Waals surface area contributed by atoms with Gasteiger partial charge < -0.3 is 20.7 Å². The number of rotatable bonds is 5. The molecule has 0 spiro atoms. The maximum Gasteiger partial charge on any atom is 0.308 e. The van der Waals surface area contributed by atoms with Crippen molar-refractivity contribution in [3.8, 4) is 0 Å². The van der Waals surface area contributed by atoms with E-state index in [1.165, 1.54) is 0 Å². The number of ether oxygens (including phenoxy) is 1. The van der Waals surface area contributed by atoms with Crippen molar-refractivity contribution >= 4 is 17.5 Å². The van der Waals surface area contributed by atoms with Gasteiger partial charge in [-0.3, -0.25) is 14.9 Å². The Hall–Kier alpha value is -2.26. The van der Waals surface area contributed by atoms with Crippen molar-refractivity contribution in [2.75, 3.05) is 12.8 Å². The Morgan fingerprint density at radius 1 is 1.63 bits per heavy atom. The highest BCUT2D eigenvalue weighted by Crippen LogP contribution is 2.26. The van der Waals surface area contributed by atoms with E-state index in [2.05, 4.69) is 9.72 Å². The number of aliphatic hydroxyl groups excluding tert-OH is 2. The summed E-state index contributed by atoms with van der Waals surface area (Å²) in [4.78, 5) is 24.4. The molecule has 0 bridgehead atoms. The van der Waals surface area contributed by atoms with Crippen molar-refractivity contribution < 1.29 is 24.7 Å². The van der Waals surface area contributed by atoms with Gasteiger partial charge in [0.25, 0.3) is 5.69 Å². The van der Waals surface area contributed by atoms with E-state index in [0.717, 1.165) is 19.4 Å². The molecule has 19 heavy (non-hydrogen) atoms. The van der Waals surface area contributed by atoms with Crippen LogP contribution in [0.2, 0.25) is 0 Å². The van der Waals surface area contributed by atoms with E-state index in [1.54, 1.807) is 0 Å². The maximum absolute atomic E-state index is 11.0. The van der Waals surface area contributed by atoms with Crippen LogP contribution in [-0.4, -0.2) is 39.3 Å². The number of aromatic nitrogens is 1. The summed E-state index contributed by atoms with van der Waals surface area (Å²) in [5, 5.41) is 30.0. The summed E-state index contributed by atoms with van der Waals surface area (Å²) in [7, 11) is 1.13. The van der Waals surface area contributed by atoms with E-state index in [1.807, 2.05) is 0 Å². The van der Waals surface area contributed by atoms with Gasteiger partial charge in [-0.25, -0.2) is 4.98 Å². The van der Waals surface area contributed by atoms with Gasteiger partial charge in [-0.1, -0.05) is 0 Å². The highest BCUT2D eigenvalue weighted by atomic mass is 16.6. The zero-order valence-corrected chi connectivity index (χ0v) is 10.0. The van der Waals surface area contributed by atoms with E-state index in [9.17, 15) is 25.1 Å². The van der Waals surface area contributed by atoms with Gasteiger partial charge in [0, 0.05) is 11.6 Å². The molecule has 9 heteroatoms. The monoisotopic (exact) mass is 271 g/mol. The smallest absolute Gasteiger partial charge is 0.308 e. The maximum atomic E-state index is 11.0. The number of anilines is 1. The number of nitrogen functional groups attached to an aromatic ring is 1. The SMILES string of the molecule is COC(=O)CC(O)C(O)c1cc([N+](=O)[O-])cnc1N. The summed E-state index contributed by atoms with van der Waals surface area (Å²) in [6, 6.07) is 0.994. The highest BCUT2D eigenvalue weighted by Gasteiger charge is 2.25. The summed E-state index contributed by atoms with van der Waals surface area (Å²) < 4.78 is 4.33. The minimum atomic E-state index is -1.58. The van der Waals surface area contributed by atoms with E-state index in [4.69, 9.17) is 5.73 Å². The van der Waals surface area contributed by atoms with Crippen LogP contribution in [0.15, 0.2) is 12.3 Å². The third-order valence-electron chi connectivity index (χ3n) is 2.43. The number of pyridine rings is 1. The zero-order chi connectivity index (χ0) is 14.6. The molecule has 2 atom stereocenters. The molecule has 1 rings (SSSR count). The van der Waals surface area contributed by atoms with Crippen molar-refractivity contribution in [1.29, 1.82) is 0 Å². The number of hydrogen-bond acceptors (Lipinski definition) is 8. The molecule has 104 valence electrons. The van der Waals surface area contributed by atoms with E-state index in [0.29, 0.717) is 0 Å². The first-order chi connectivity index (χ1) is 8.86. The average molecular weight is 271 g/mol. The molecule has 2 unspecified atom stereocenters. The standard InChI is InChI=1S/C10H13N3O6/c1-19-8(15)3-7(14)9(16)6-2-5(13(17)18)4-12-10(6)11/h2,4,7,9,14,16H,3H2,1H3,(H2,11,12). The summed E-state index contributed by atoms with van der Waals surface area (Å²) in [5.41, 5.74) is 4.97. The first kappa shape index (κ1) is 14.8. The molecular formula is C10H13N3O6. The summed E-state index contributed by atoms with van der Waals surface area (Å²) in [6.45, 7) is 0. The van der Waals surface area contributed by atoms with E-state index in [-0.39, 0.29) is 17.1 Å². The molecule has 1 aromatic rings. The second kappa shape index (κ2) is 6.07. The lowest BCUT2D eigenvalue weighted by Gasteiger charge is -2.17. The molecule has 0 fully saturated rings. The molecule has 0 saturated carbocycles. The lowest BCUT2D eigenvalue weighted by Crippen LogP contribution is -2.23. The van der Waals surface area contributed by atoms with Crippen molar-refractivity contribution in [1.82, 2.24) is 4.98 Å². The molecule has 0 saturated heterocycles. The Morgan fingerprint density at radius 2 is 2.26 bits per heavy atom. The number of nitrogens with two attached hydrogens (primary N) is 1. The van der Waals surface area contributed by atoms with Gasteiger partial charge in [-0.15, -0.1) is 0 Å². The minimum Gasteiger partial charge on any atom is -0.469 e. The molecule has 0 radical (unpaired) electrons. The number of nitro groups is 1. The predicted molar refractivity (Wildman–Crippen MR) is 62.9 cm³/mol. The third-order valence-corrected chi connectivity index (χ3v) is 2.43. The zero-order valence-electron chi connectivity index (χ0n) is 10.0. The van der Waals surface area contributed by atoms with Crippen LogP contribution in [0.3, 0.4) is 0 Å².